The summed E-state index contributed by atoms with van der Waals surface area (Å²) in [7, 11) is 1.35. The molecule has 5 nitrogen and oxygen atoms in total. The summed E-state index contributed by atoms with van der Waals surface area (Å²) < 4.78 is 7.71. The van der Waals surface area contributed by atoms with Gasteiger partial charge in [-0.2, -0.15) is 9.78 Å². The number of esters is 1. The molecule has 0 aliphatic carbocycles. The predicted octanol–water partition coefficient (Wildman–Crippen LogP) is 9.19. The van der Waals surface area contributed by atoms with Gasteiger partial charge in [0.25, 0.3) is 0 Å². The number of aromatic nitrogens is 3. The molecular weight excluding hydrogens is 592 g/mol. The molecule has 0 N–H and O–H groups in total. The maximum Gasteiger partial charge on any atom is 0.357 e. The van der Waals surface area contributed by atoms with E-state index in [2.05, 4.69) is 13.8 Å². The number of thioether (sulfide) groups is 1. The normalized spacial score (nSPS) is 12.1. The quantitative estimate of drug-likeness (QED) is 0.146. The molecule has 2 heterocycles. The Morgan fingerprint density at radius 1 is 1.11 bits per heavy atom. The van der Waals surface area contributed by atoms with Crippen molar-refractivity contribution < 1.29 is 9.53 Å². The van der Waals surface area contributed by atoms with Crippen LogP contribution in [0.15, 0.2) is 40.6 Å². The zero-order valence-electron chi connectivity index (χ0n) is 20.4. The van der Waals surface area contributed by atoms with Crippen LogP contribution in [0.5, 0.6) is 0 Å². The lowest BCUT2D eigenvalue weighted by Gasteiger charge is -2.08. The van der Waals surface area contributed by atoms with Crippen molar-refractivity contribution in [1.82, 2.24) is 14.8 Å². The third kappa shape index (κ3) is 6.13. The van der Waals surface area contributed by atoms with E-state index in [1.807, 2.05) is 19.1 Å². The first-order valence-electron chi connectivity index (χ1n) is 11.4. The van der Waals surface area contributed by atoms with Crippen molar-refractivity contribution in [2.45, 2.75) is 43.1 Å². The summed E-state index contributed by atoms with van der Waals surface area (Å²) in [6.07, 6.45) is 1.37. The van der Waals surface area contributed by atoms with Crippen LogP contribution in [0.25, 0.3) is 16.4 Å². The monoisotopic (exact) mass is 613 g/mol. The molecule has 1 unspecified atom stereocenters. The molecule has 1 atom stereocenters. The van der Waals surface area contributed by atoms with Crippen molar-refractivity contribution in [1.29, 1.82) is 0 Å². The average molecular weight is 615 g/mol. The minimum absolute atomic E-state index is 0.306. The second-order valence-corrected chi connectivity index (χ2v) is 12.7. The van der Waals surface area contributed by atoms with E-state index in [-0.39, 0.29) is 0 Å². The molecule has 2 aromatic heterocycles. The van der Waals surface area contributed by atoms with Crippen LogP contribution in [0.1, 0.15) is 47.6 Å². The molecule has 0 aliphatic heterocycles. The Bertz CT molecular complexity index is 1470. The Balaban J connectivity index is 1.87. The highest BCUT2D eigenvalue weighted by atomic mass is 35.5. The van der Waals surface area contributed by atoms with Crippen LogP contribution in [0, 0.1) is 6.92 Å². The van der Waals surface area contributed by atoms with E-state index in [1.165, 1.54) is 18.4 Å². The summed E-state index contributed by atoms with van der Waals surface area (Å²) in [6.45, 7) is 6.15. The van der Waals surface area contributed by atoms with E-state index in [0.29, 0.717) is 53.8 Å². The van der Waals surface area contributed by atoms with Crippen molar-refractivity contribution in [3.63, 3.8) is 0 Å². The van der Waals surface area contributed by atoms with E-state index < -0.39 is 5.97 Å². The molecule has 0 saturated heterocycles. The fourth-order valence-electron chi connectivity index (χ4n) is 3.63. The van der Waals surface area contributed by atoms with Crippen molar-refractivity contribution in [3.8, 4) is 16.4 Å². The minimum atomic E-state index is -0.511. The first-order valence-corrected chi connectivity index (χ1v) is 14.6. The van der Waals surface area contributed by atoms with Crippen LogP contribution in [0.4, 0.5) is 0 Å². The maximum absolute atomic E-state index is 13.0. The van der Waals surface area contributed by atoms with Gasteiger partial charge in [0.1, 0.15) is 0 Å². The van der Waals surface area contributed by atoms with Gasteiger partial charge < -0.3 is 4.74 Å². The fourth-order valence-corrected chi connectivity index (χ4v) is 6.90. The summed E-state index contributed by atoms with van der Waals surface area (Å²) in [4.78, 5) is 18.0. The number of halogens is 4. The topological polar surface area (TPSA) is 57.0 Å². The van der Waals surface area contributed by atoms with E-state index in [9.17, 15) is 4.79 Å². The molecule has 0 saturated carbocycles. The van der Waals surface area contributed by atoms with Gasteiger partial charge in [0.05, 0.1) is 32.8 Å². The van der Waals surface area contributed by atoms with E-state index in [4.69, 9.17) is 61.2 Å². The number of carbonyl (C=O) groups excluding carboxylic acids is 1. The largest absolute Gasteiger partial charge is 0.464 e. The van der Waals surface area contributed by atoms with E-state index in [0.717, 1.165) is 27.5 Å². The average Bonchev–Trinajstić information content (AvgIpc) is 3.42. The third-order valence-electron chi connectivity index (χ3n) is 5.79. The van der Waals surface area contributed by atoms with Gasteiger partial charge in [-0.3, -0.25) is 0 Å². The summed E-state index contributed by atoms with van der Waals surface area (Å²) >= 11 is 28.2. The zero-order chi connectivity index (χ0) is 26.9. The molecule has 11 heteroatoms. The summed E-state index contributed by atoms with van der Waals surface area (Å²) in [6, 6.07) is 10.7. The number of nitrogens with zero attached hydrogens (tertiary/aromatic N) is 3. The number of aryl methyl sites for hydroxylation is 1. The third-order valence-corrected chi connectivity index (χ3v) is 9.62. The number of hydrogen-bond acceptors (Lipinski definition) is 6. The standard InChI is InChI=1S/C26H23Cl4N3O2S2/c1-5-13(2)36-25-22(16-7-9-19(28)21(30)11-16)31-26(37-25)33-23(24(34)35-4)18(14(3)32-33)10-15-6-8-17(27)12-20(15)29/h6-9,11-13H,5,10H2,1-4H3. The van der Waals surface area contributed by atoms with Gasteiger partial charge in [-0.05, 0) is 43.2 Å². The Morgan fingerprint density at radius 3 is 2.51 bits per heavy atom. The summed E-state index contributed by atoms with van der Waals surface area (Å²) in [5.74, 6) is -0.511. The molecule has 0 radical (unpaired) electrons. The number of hydrogen-bond donors (Lipinski definition) is 0. The number of ether oxygens (including phenoxy) is 1. The van der Waals surface area contributed by atoms with Crippen molar-refractivity contribution in [3.05, 3.63) is 79.0 Å². The molecule has 0 bridgehead atoms. The highest BCUT2D eigenvalue weighted by Crippen LogP contribution is 2.42. The van der Waals surface area contributed by atoms with Crippen LogP contribution < -0.4 is 0 Å². The lowest BCUT2D eigenvalue weighted by atomic mass is 10.0. The van der Waals surface area contributed by atoms with Gasteiger partial charge in [0.15, 0.2) is 5.69 Å². The molecule has 0 fully saturated rings. The molecule has 0 spiro atoms. The van der Waals surface area contributed by atoms with Crippen molar-refractivity contribution in [2.24, 2.45) is 0 Å². The van der Waals surface area contributed by atoms with Gasteiger partial charge in [0, 0.05) is 32.8 Å². The van der Waals surface area contributed by atoms with Crippen LogP contribution in [-0.2, 0) is 11.2 Å². The summed E-state index contributed by atoms with van der Waals surface area (Å²) in [5, 5.41) is 7.58. The van der Waals surface area contributed by atoms with Crippen LogP contribution in [0.3, 0.4) is 0 Å². The van der Waals surface area contributed by atoms with E-state index >= 15 is 0 Å². The lowest BCUT2D eigenvalue weighted by Crippen LogP contribution is -2.12. The lowest BCUT2D eigenvalue weighted by molar-refractivity contribution is 0.0589. The number of thiazole rings is 1. The Hall–Kier alpha value is -1.74. The molecule has 0 amide bonds. The molecule has 37 heavy (non-hydrogen) atoms. The van der Waals surface area contributed by atoms with Gasteiger partial charge in [-0.25, -0.2) is 9.78 Å². The highest BCUT2D eigenvalue weighted by Gasteiger charge is 2.27. The van der Waals surface area contributed by atoms with Crippen molar-refractivity contribution in [2.75, 3.05) is 7.11 Å². The SMILES string of the molecule is CCC(C)Sc1sc(-n2nc(C)c(Cc3ccc(Cl)cc3Cl)c2C(=O)OC)nc1-c1ccc(Cl)c(Cl)c1. The number of rotatable bonds is 8. The Labute approximate surface area is 244 Å². The Kier molecular flexibility index (Phi) is 9.15. The molecule has 4 rings (SSSR count). The van der Waals surface area contributed by atoms with Gasteiger partial charge in [-0.1, -0.05) is 83.7 Å². The second-order valence-electron chi connectivity index (χ2n) is 8.33. The number of carbonyl (C=O) groups is 1. The first kappa shape index (κ1) is 28.3. The van der Waals surface area contributed by atoms with E-state index in [1.54, 1.807) is 40.7 Å². The van der Waals surface area contributed by atoms with Gasteiger partial charge >= 0.3 is 5.97 Å². The predicted molar refractivity (Wildman–Crippen MR) is 156 cm³/mol. The molecular formula is C26H23Cl4N3O2S2. The smallest absolute Gasteiger partial charge is 0.357 e. The van der Waals surface area contributed by atoms with Crippen LogP contribution in [-0.4, -0.2) is 33.1 Å². The Morgan fingerprint density at radius 2 is 1.86 bits per heavy atom. The summed E-state index contributed by atoms with van der Waals surface area (Å²) in [5.41, 5.74) is 4.10. The fraction of sp³-hybridized carbons (Fsp3) is 0.269. The van der Waals surface area contributed by atoms with Crippen LogP contribution >= 0.6 is 69.5 Å². The molecule has 2 aromatic carbocycles. The molecule has 4 aromatic rings. The van der Waals surface area contributed by atoms with Crippen molar-refractivity contribution >= 4 is 75.5 Å². The molecule has 194 valence electrons. The van der Waals surface area contributed by atoms with Gasteiger partial charge in [-0.15, -0.1) is 11.8 Å². The first-order chi connectivity index (χ1) is 17.6. The second kappa shape index (κ2) is 12.0. The highest BCUT2D eigenvalue weighted by molar-refractivity contribution is 8.01. The van der Waals surface area contributed by atoms with Gasteiger partial charge in [0.2, 0.25) is 5.13 Å². The zero-order valence-corrected chi connectivity index (χ0v) is 25.1. The molecule has 0 aliphatic rings. The maximum atomic E-state index is 13.0. The van der Waals surface area contributed by atoms with Crippen LogP contribution in [0.2, 0.25) is 20.1 Å². The number of methoxy groups -OCH3 is 1. The minimum Gasteiger partial charge on any atom is -0.464 e. The number of benzene rings is 2.